The minimum absolute atomic E-state index is 0. The Labute approximate surface area is 129 Å². The van der Waals surface area contributed by atoms with Crippen molar-refractivity contribution < 1.29 is 30.3 Å². The molecular formula is C13H25ClN2O3Si. The van der Waals surface area contributed by atoms with Gasteiger partial charge >= 0.3 is 8.80 Å². The van der Waals surface area contributed by atoms with Crippen molar-refractivity contribution in [1.29, 1.82) is 0 Å². The molecule has 0 saturated carbocycles. The molecule has 20 heavy (non-hydrogen) atoms. The van der Waals surface area contributed by atoms with Crippen LogP contribution in [0, 0.1) is 0 Å². The molecule has 0 spiro atoms. The Morgan fingerprint density at radius 2 is 1.55 bits per heavy atom. The van der Waals surface area contributed by atoms with Crippen LogP contribution in [0.5, 0.6) is 0 Å². The van der Waals surface area contributed by atoms with Crippen molar-refractivity contribution in [3.63, 3.8) is 0 Å². The first-order valence-corrected chi connectivity index (χ1v) is 8.32. The molecule has 0 saturated heterocycles. The van der Waals surface area contributed by atoms with Crippen LogP contribution in [-0.2, 0) is 19.8 Å². The number of hydrogen-bond acceptors (Lipinski definition) is 4. The van der Waals surface area contributed by atoms with Gasteiger partial charge in [0.25, 0.3) is 0 Å². The third-order valence-electron chi connectivity index (χ3n) is 3.22. The lowest BCUT2D eigenvalue weighted by Gasteiger charge is -2.23. The molecule has 0 aromatic carbocycles. The van der Waals surface area contributed by atoms with Crippen molar-refractivity contribution in [2.45, 2.75) is 19.0 Å². The molecule has 5 nitrogen and oxygen atoms in total. The fourth-order valence-corrected chi connectivity index (χ4v) is 3.63. The van der Waals surface area contributed by atoms with Crippen LogP contribution in [0.4, 0.5) is 5.69 Å². The fraction of sp³-hybridized carbons (Fsp3) is 0.615. The third-order valence-corrected chi connectivity index (χ3v) is 6.05. The molecule has 0 fully saturated rings. The largest absolute Gasteiger partial charge is 1.00 e. The van der Waals surface area contributed by atoms with E-state index in [0.717, 1.165) is 19.0 Å². The van der Waals surface area contributed by atoms with Gasteiger partial charge < -0.3 is 30.6 Å². The summed E-state index contributed by atoms with van der Waals surface area (Å²) in [6.45, 7) is 0.929. The summed E-state index contributed by atoms with van der Waals surface area (Å²) in [6.07, 6.45) is 5.14. The lowest BCUT2D eigenvalue weighted by molar-refractivity contribution is -0.696. The number of aryl methyl sites for hydroxylation is 1. The minimum Gasteiger partial charge on any atom is -1.00 e. The molecule has 1 rings (SSSR count). The number of halogens is 1. The molecule has 0 radical (unpaired) electrons. The lowest BCUT2D eigenvalue weighted by atomic mass is 10.3. The highest BCUT2D eigenvalue weighted by Crippen LogP contribution is 2.14. The summed E-state index contributed by atoms with van der Waals surface area (Å²) in [5, 5.41) is 0. The van der Waals surface area contributed by atoms with Gasteiger partial charge in [0, 0.05) is 65.7 Å². The van der Waals surface area contributed by atoms with Gasteiger partial charge in [-0.2, -0.15) is 0 Å². The van der Waals surface area contributed by atoms with Crippen LogP contribution in [-0.4, -0.2) is 44.2 Å². The van der Waals surface area contributed by atoms with Crippen LogP contribution < -0.4 is 21.9 Å². The monoisotopic (exact) mass is 320 g/mol. The molecule has 0 aliphatic carbocycles. The highest BCUT2D eigenvalue weighted by Gasteiger charge is 2.37. The van der Waals surface area contributed by atoms with Crippen LogP contribution in [0.1, 0.15) is 6.42 Å². The molecule has 116 valence electrons. The van der Waals surface area contributed by atoms with Crippen molar-refractivity contribution in [3.8, 4) is 0 Å². The van der Waals surface area contributed by atoms with Crippen LogP contribution in [0.2, 0.25) is 6.04 Å². The summed E-state index contributed by atoms with van der Waals surface area (Å²) in [5.41, 5.74) is 1.20. The van der Waals surface area contributed by atoms with E-state index in [4.69, 9.17) is 13.3 Å². The molecule has 1 aromatic heterocycles. The smallest absolute Gasteiger partial charge is 0.500 e. The zero-order chi connectivity index (χ0) is 14.3. The van der Waals surface area contributed by atoms with Crippen LogP contribution in [0.3, 0.4) is 0 Å². The Hall–Kier alpha value is -0.663. The number of nitrogens with zero attached hydrogens (tertiary/aromatic N) is 2. The van der Waals surface area contributed by atoms with Gasteiger partial charge in [-0.3, -0.25) is 0 Å². The average molecular weight is 321 g/mol. The first kappa shape index (κ1) is 19.3. The van der Waals surface area contributed by atoms with E-state index in [1.807, 2.05) is 14.1 Å². The maximum absolute atomic E-state index is 5.40. The number of anilines is 1. The summed E-state index contributed by atoms with van der Waals surface area (Å²) in [6, 6.07) is 5.03. The minimum atomic E-state index is -2.42. The Balaban J connectivity index is 0.00000361. The zero-order valence-corrected chi connectivity index (χ0v) is 14.7. The van der Waals surface area contributed by atoms with E-state index < -0.39 is 8.80 Å². The summed E-state index contributed by atoms with van der Waals surface area (Å²) in [7, 11) is 6.61. The van der Waals surface area contributed by atoms with E-state index in [1.165, 1.54) is 5.69 Å². The summed E-state index contributed by atoms with van der Waals surface area (Å²) in [4.78, 5) is 2.09. The van der Waals surface area contributed by atoms with E-state index >= 15 is 0 Å². The predicted molar refractivity (Wildman–Crippen MR) is 77.2 cm³/mol. The predicted octanol–water partition coefficient (Wildman–Crippen LogP) is -1.69. The van der Waals surface area contributed by atoms with E-state index in [2.05, 4.69) is 34.0 Å². The van der Waals surface area contributed by atoms with Gasteiger partial charge in [-0.25, -0.2) is 4.57 Å². The van der Waals surface area contributed by atoms with Gasteiger partial charge in [-0.1, -0.05) is 0 Å². The number of aromatic nitrogens is 1. The van der Waals surface area contributed by atoms with Gasteiger partial charge in [0.1, 0.15) is 6.54 Å². The van der Waals surface area contributed by atoms with E-state index in [9.17, 15) is 0 Å². The topological polar surface area (TPSA) is 34.8 Å². The highest BCUT2D eigenvalue weighted by atomic mass is 35.5. The standard InChI is InChI=1S/C13H25N2O3Si.ClH/c1-14(2)13-7-10-15(11-8-13)9-6-12-19(16-3,17-4)18-5;/h7-8,10-11H,6,9,12H2,1-5H3;1H/q+1;/p-1. The van der Waals surface area contributed by atoms with Crippen molar-refractivity contribution >= 4 is 14.5 Å². The van der Waals surface area contributed by atoms with Gasteiger partial charge in [0.15, 0.2) is 12.4 Å². The number of rotatable bonds is 8. The average Bonchev–Trinajstić information content (AvgIpc) is 2.45. The van der Waals surface area contributed by atoms with Gasteiger partial charge in [-0.05, 0) is 0 Å². The molecule has 0 bridgehead atoms. The second-order valence-electron chi connectivity index (χ2n) is 4.59. The van der Waals surface area contributed by atoms with Crippen molar-refractivity contribution in [2.24, 2.45) is 0 Å². The molecule has 0 unspecified atom stereocenters. The third kappa shape index (κ3) is 5.38. The maximum Gasteiger partial charge on any atom is 0.500 e. The Morgan fingerprint density at radius 3 is 1.95 bits per heavy atom. The molecule has 0 aliphatic heterocycles. The zero-order valence-electron chi connectivity index (χ0n) is 12.9. The van der Waals surface area contributed by atoms with Crippen molar-refractivity contribution in [2.75, 3.05) is 40.3 Å². The molecule has 1 aromatic rings. The summed E-state index contributed by atoms with van der Waals surface area (Å²) in [5.74, 6) is 0. The molecule has 0 N–H and O–H groups in total. The lowest BCUT2D eigenvalue weighted by Crippen LogP contribution is -3.00. The van der Waals surface area contributed by atoms with Crippen molar-refractivity contribution in [1.82, 2.24) is 0 Å². The van der Waals surface area contributed by atoms with Crippen LogP contribution in [0.25, 0.3) is 0 Å². The van der Waals surface area contributed by atoms with Crippen molar-refractivity contribution in [3.05, 3.63) is 24.5 Å². The van der Waals surface area contributed by atoms with Gasteiger partial charge in [0.05, 0.1) is 0 Å². The first-order chi connectivity index (χ1) is 9.06. The number of pyridine rings is 1. The Bertz CT molecular complexity index is 364. The second-order valence-corrected chi connectivity index (χ2v) is 7.68. The van der Waals surface area contributed by atoms with E-state index in [-0.39, 0.29) is 12.4 Å². The summed E-state index contributed by atoms with van der Waals surface area (Å²) >= 11 is 0. The van der Waals surface area contributed by atoms with Crippen LogP contribution in [0.15, 0.2) is 24.5 Å². The van der Waals surface area contributed by atoms with Gasteiger partial charge in [0.2, 0.25) is 0 Å². The molecule has 1 heterocycles. The molecule has 7 heteroatoms. The molecular weight excluding hydrogens is 296 g/mol. The normalized spacial score (nSPS) is 11.1. The quantitative estimate of drug-likeness (QED) is 0.423. The molecule has 0 atom stereocenters. The Kier molecular flexibility index (Phi) is 9.00. The Morgan fingerprint density at radius 1 is 1.05 bits per heavy atom. The SMILES string of the molecule is CO[Si](CCC[n+]1ccc(N(C)C)cc1)(OC)OC.[Cl-]. The van der Waals surface area contributed by atoms with E-state index in [1.54, 1.807) is 21.3 Å². The highest BCUT2D eigenvalue weighted by molar-refractivity contribution is 6.60. The molecule has 0 amide bonds. The second kappa shape index (κ2) is 9.31. The van der Waals surface area contributed by atoms with E-state index in [0.29, 0.717) is 0 Å². The first-order valence-electron chi connectivity index (χ1n) is 6.39. The summed E-state index contributed by atoms with van der Waals surface area (Å²) < 4.78 is 18.4. The van der Waals surface area contributed by atoms with Gasteiger partial charge in [-0.15, -0.1) is 0 Å². The molecule has 0 aliphatic rings. The fourth-order valence-electron chi connectivity index (χ4n) is 1.93. The maximum atomic E-state index is 5.40. The van der Waals surface area contributed by atoms with Crippen LogP contribution >= 0.6 is 0 Å². The number of hydrogen-bond donors (Lipinski definition) is 0.